The zero-order valence-corrected chi connectivity index (χ0v) is 16.3. The summed E-state index contributed by atoms with van der Waals surface area (Å²) in [5.41, 5.74) is 2.67. The van der Waals surface area contributed by atoms with Gasteiger partial charge >= 0.3 is 0 Å². The van der Waals surface area contributed by atoms with Gasteiger partial charge < -0.3 is 14.2 Å². The van der Waals surface area contributed by atoms with E-state index in [0.717, 1.165) is 21.9 Å². The number of methoxy groups -OCH3 is 3. The van der Waals surface area contributed by atoms with Gasteiger partial charge in [0.25, 0.3) is 0 Å². The molecular weight excluding hydrogens is 360 g/mol. The van der Waals surface area contributed by atoms with E-state index >= 15 is 0 Å². The summed E-state index contributed by atoms with van der Waals surface area (Å²) in [6, 6.07) is 14.4. The fourth-order valence-corrected chi connectivity index (χ4v) is 4.28. The van der Waals surface area contributed by atoms with Gasteiger partial charge in [0.2, 0.25) is 5.75 Å². The molecule has 1 aromatic heterocycles. The predicted octanol–water partition coefficient (Wildman–Crippen LogP) is 4.22. The van der Waals surface area contributed by atoms with E-state index in [2.05, 4.69) is 30.3 Å². The third-order valence-corrected chi connectivity index (χ3v) is 5.58. The Morgan fingerprint density at radius 2 is 1.48 bits per heavy atom. The highest BCUT2D eigenvalue weighted by molar-refractivity contribution is 7.21. The molecule has 0 bridgehead atoms. The molecule has 6 heteroatoms. The first-order chi connectivity index (χ1) is 13.2. The lowest BCUT2D eigenvalue weighted by atomic mass is 10.0. The standard InChI is InChI=1S/C21H20N2O3S/c1-24-15-10-14(11-16(25-2)21(15)26-3)19-20(23-9-8-22-19)18-12-13-6-4-5-7-17(13)27-18/h4-7,10-12H,8-9H2,1-3H3. The second kappa shape index (κ2) is 7.40. The maximum atomic E-state index is 5.50. The highest BCUT2D eigenvalue weighted by atomic mass is 32.1. The molecule has 5 nitrogen and oxygen atoms in total. The highest BCUT2D eigenvalue weighted by Crippen LogP contribution is 2.39. The number of benzene rings is 2. The van der Waals surface area contributed by atoms with Crippen LogP contribution in [0.15, 0.2) is 52.4 Å². The van der Waals surface area contributed by atoms with E-state index in [1.165, 1.54) is 10.1 Å². The number of rotatable bonds is 5. The lowest BCUT2D eigenvalue weighted by molar-refractivity contribution is 0.324. The molecule has 0 spiro atoms. The van der Waals surface area contributed by atoms with Crippen molar-refractivity contribution in [2.45, 2.75) is 0 Å². The zero-order chi connectivity index (χ0) is 18.8. The first-order valence-corrected chi connectivity index (χ1v) is 9.45. The molecule has 0 aliphatic carbocycles. The van der Waals surface area contributed by atoms with Crippen LogP contribution in [-0.4, -0.2) is 45.8 Å². The number of aliphatic imine (C=N–C) groups is 2. The number of hydrogen-bond donors (Lipinski definition) is 0. The summed E-state index contributed by atoms with van der Waals surface area (Å²) in [6.07, 6.45) is 0. The number of hydrogen-bond acceptors (Lipinski definition) is 6. The molecule has 4 rings (SSSR count). The lowest BCUT2D eigenvalue weighted by Gasteiger charge is -2.17. The van der Waals surface area contributed by atoms with E-state index in [-0.39, 0.29) is 0 Å². The van der Waals surface area contributed by atoms with Crippen LogP contribution in [0.25, 0.3) is 10.1 Å². The Hall–Kier alpha value is -2.86. The molecule has 0 saturated heterocycles. The van der Waals surface area contributed by atoms with Crippen LogP contribution in [0.2, 0.25) is 0 Å². The molecule has 1 aliphatic heterocycles. The Kier molecular flexibility index (Phi) is 4.81. The summed E-state index contributed by atoms with van der Waals surface area (Å²) in [4.78, 5) is 10.7. The van der Waals surface area contributed by atoms with Crippen molar-refractivity contribution in [2.75, 3.05) is 34.4 Å². The molecule has 2 heterocycles. The first-order valence-electron chi connectivity index (χ1n) is 8.63. The second-order valence-electron chi connectivity index (χ2n) is 6.02. The number of ether oxygens (including phenoxy) is 3. The Bertz CT molecular complexity index is 995. The van der Waals surface area contributed by atoms with Crippen molar-refractivity contribution in [1.82, 2.24) is 0 Å². The molecule has 0 saturated carbocycles. The van der Waals surface area contributed by atoms with Gasteiger partial charge in [-0.25, -0.2) is 0 Å². The van der Waals surface area contributed by atoms with E-state index in [4.69, 9.17) is 24.2 Å². The van der Waals surface area contributed by atoms with E-state index < -0.39 is 0 Å². The van der Waals surface area contributed by atoms with Gasteiger partial charge in [-0.2, -0.15) is 0 Å². The molecule has 0 N–H and O–H groups in total. The molecule has 2 aromatic carbocycles. The molecule has 3 aromatic rings. The van der Waals surface area contributed by atoms with Gasteiger partial charge in [0.1, 0.15) is 5.71 Å². The van der Waals surface area contributed by atoms with Gasteiger partial charge in [0.05, 0.1) is 45.0 Å². The number of thiophene rings is 1. The summed E-state index contributed by atoms with van der Waals surface area (Å²) in [6.45, 7) is 1.36. The first kappa shape index (κ1) is 17.5. The maximum absolute atomic E-state index is 5.50. The van der Waals surface area contributed by atoms with Gasteiger partial charge in [-0.1, -0.05) is 18.2 Å². The Morgan fingerprint density at radius 3 is 2.11 bits per heavy atom. The molecule has 0 radical (unpaired) electrons. The van der Waals surface area contributed by atoms with Crippen molar-refractivity contribution < 1.29 is 14.2 Å². The van der Waals surface area contributed by atoms with Gasteiger partial charge in [-0.05, 0) is 29.7 Å². The fraction of sp³-hybridized carbons (Fsp3) is 0.238. The normalized spacial score (nSPS) is 13.9. The number of nitrogens with zero attached hydrogens (tertiary/aromatic N) is 2. The fourth-order valence-electron chi connectivity index (χ4n) is 3.21. The minimum absolute atomic E-state index is 0.570. The van der Waals surface area contributed by atoms with Gasteiger partial charge in [-0.3, -0.25) is 9.98 Å². The Labute approximate surface area is 161 Å². The van der Waals surface area contributed by atoms with Crippen LogP contribution in [0.5, 0.6) is 17.2 Å². The van der Waals surface area contributed by atoms with Gasteiger partial charge in [-0.15, -0.1) is 11.3 Å². The summed E-state index contributed by atoms with van der Waals surface area (Å²) in [5.74, 6) is 1.78. The summed E-state index contributed by atoms with van der Waals surface area (Å²) in [7, 11) is 4.83. The predicted molar refractivity (Wildman–Crippen MR) is 111 cm³/mol. The van der Waals surface area contributed by atoms with E-state index in [1.807, 2.05) is 12.1 Å². The average Bonchev–Trinajstić information content (AvgIpc) is 3.16. The quantitative estimate of drug-likeness (QED) is 0.666. The lowest BCUT2D eigenvalue weighted by Crippen LogP contribution is -2.22. The van der Waals surface area contributed by atoms with Crippen molar-refractivity contribution in [2.24, 2.45) is 9.98 Å². The molecule has 0 fully saturated rings. The minimum atomic E-state index is 0.570. The van der Waals surface area contributed by atoms with Gasteiger partial charge in [0.15, 0.2) is 11.5 Å². The van der Waals surface area contributed by atoms with Gasteiger partial charge in [0, 0.05) is 10.3 Å². The summed E-state index contributed by atoms with van der Waals surface area (Å²) < 4.78 is 17.7. The van der Waals surface area contributed by atoms with Crippen molar-refractivity contribution in [3.8, 4) is 17.2 Å². The van der Waals surface area contributed by atoms with E-state index in [1.54, 1.807) is 32.7 Å². The average molecular weight is 380 g/mol. The van der Waals surface area contributed by atoms with Crippen molar-refractivity contribution in [3.05, 3.63) is 52.9 Å². The molecule has 138 valence electrons. The topological polar surface area (TPSA) is 52.4 Å². The Morgan fingerprint density at radius 1 is 0.815 bits per heavy atom. The van der Waals surface area contributed by atoms with Crippen LogP contribution in [0.4, 0.5) is 0 Å². The molecular formula is C21H20N2O3S. The summed E-state index contributed by atoms with van der Waals surface area (Å²) >= 11 is 1.73. The zero-order valence-electron chi connectivity index (χ0n) is 15.5. The Balaban J connectivity index is 1.82. The minimum Gasteiger partial charge on any atom is -0.493 e. The van der Waals surface area contributed by atoms with Crippen LogP contribution in [0.3, 0.4) is 0 Å². The second-order valence-corrected chi connectivity index (χ2v) is 7.11. The SMILES string of the molecule is COc1cc(C2=NCCN=C2c2cc3ccccc3s2)cc(OC)c1OC. The highest BCUT2D eigenvalue weighted by Gasteiger charge is 2.22. The van der Waals surface area contributed by atoms with Crippen molar-refractivity contribution in [1.29, 1.82) is 0 Å². The summed E-state index contributed by atoms with van der Waals surface area (Å²) in [5, 5.41) is 1.22. The molecule has 0 unspecified atom stereocenters. The van der Waals surface area contributed by atoms with Crippen molar-refractivity contribution in [3.63, 3.8) is 0 Å². The van der Waals surface area contributed by atoms with Crippen LogP contribution in [-0.2, 0) is 0 Å². The third-order valence-electron chi connectivity index (χ3n) is 4.46. The van der Waals surface area contributed by atoms with Crippen LogP contribution >= 0.6 is 11.3 Å². The molecule has 0 amide bonds. The van der Waals surface area contributed by atoms with E-state index in [9.17, 15) is 0 Å². The van der Waals surface area contributed by atoms with E-state index in [0.29, 0.717) is 30.3 Å². The largest absolute Gasteiger partial charge is 0.493 e. The molecule has 0 atom stereocenters. The molecule has 1 aliphatic rings. The third kappa shape index (κ3) is 3.17. The van der Waals surface area contributed by atoms with Crippen molar-refractivity contribution >= 4 is 32.8 Å². The smallest absolute Gasteiger partial charge is 0.203 e. The monoisotopic (exact) mass is 380 g/mol. The van der Waals surface area contributed by atoms with Crippen LogP contribution in [0.1, 0.15) is 10.4 Å². The van der Waals surface area contributed by atoms with Crippen LogP contribution < -0.4 is 14.2 Å². The van der Waals surface area contributed by atoms with Crippen LogP contribution in [0, 0.1) is 0 Å². The maximum Gasteiger partial charge on any atom is 0.203 e. The number of fused-ring (bicyclic) bond motifs is 1. The molecule has 27 heavy (non-hydrogen) atoms.